The van der Waals surface area contributed by atoms with Crippen LogP contribution in [0.1, 0.15) is 271 Å². The maximum Gasteiger partial charge on any atom is 0.211 e. The van der Waals surface area contributed by atoms with Gasteiger partial charge in [-0.15, -0.1) is 0 Å². The van der Waals surface area contributed by atoms with Crippen molar-refractivity contribution in [2.75, 3.05) is 77.0 Å². The Hall–Kier alpha value is -0.340. The Morgan fingerprint density at radius 3 is 0.636 bits per heavy atom. The van der Waals surface area contributed by atoms with Crippen LogP contribution in [0.25, 0.3) is 0 Å². The molecule has 0 aromatic heterocycles. The van der Waals surface area contributed by atoms with Crippen LogP contribution < -0.4 is 30.7 Å². The number of hydrogen-bond donors (Lipinski definition) is 6. The molecule has 0 heterocycles. The van der Waals surface area contributed by atoms with Gasteiger partial charge in [0.05, 0.1) is 11.5 Å². The van der Waals surface area contributed by atoms with Crippen molar-refractivity contribution in [1.82, 2.24) is 30.7 Å². The number of sulfonamides is 2. The van der Waals surface area contributed by atoms with Crippen molar-refractivity contribution in [2.45, 2.75) is 271 Å². The van der Waals surface area contributed by atoms with Crippen molar-refractivity contribution in [3.63, 3.8) is 0 Å². The average Bonchev–Trinajstić information content (AvgIpc) is 3.30. The van der Waals surface area contributed by atoms with Gasteiger partial charge in [0.15, 0.2) is 0 Å². The monoisotopic (exact) mass is 977 g/mol. The zero-order chi connectivity index (χ0) is 48.0. The minimum Gasteiger partial charge on any atom is -0.317 e. The number of nitrogens with one attached hydrogen (secondary N) is 6. The molecule has 0 aromatic carbocycles. The highest BCUT2D eigenvalue weighted by atomic mass is 32.2. The molecule has 0 spiro atoms. The van der Waals surface area contributed by atoms with Gasteiger partial charge in [-0.25, -0.2) is 26.3 Å². The third-order valence-corrected chi connectivity index (χ3v) is 16.0. The lowest BCUT2D eigenvalue weighted by Crippen LogP contribution is -2.30. The highest BCUT2D eigenvalue weighted by molar-refractivity contribution is 7.89. The molecule has 0 saturated carbocycles. The molecule has 66 heavy (non-hydrogen) atoms. The molecule has 0 aromatic rings. The molecule has 0 aliphatic heterocycles. The van der Waals surface area contributed by atoms with Crippen LogP contribution >= 0.6 is 0 Å². The van der Waals surface area contributed by atoms with E-state index in [1.165, 1.54) is 193 Å². The molecule has 0 unspecified atom stereocenters. The zero-order valence-corrected chi connectivity index (χ0v) is 45.9. The Balaban J connectivity index is 3.31. The second kappa shape index (κ2) is 54.0. The summed E-state index contributed by atoms with van der Waals surface area (Å²) in [5.74, 6) is 0.524. The van der Waals surface area contributed by atoms with E-state index in [0.717, 1.165) is 117 Å². The predicted octanol–water partition coefficient (Wildman–Crippen LogP) is 12.8. The fraction of sp³-hybridized carbons (Fsp3) is 1.00. The standard InChI is InChI=1S/C54H116N6O4S2/c1-3-5-7-9-11-13-15-17-19-21-23-25-27-29-33-37-53-65(61,62)59-51-41-49-57-47-39-45-55-43-35-31-32-36-44-56-46-40-48-58-50-42-52-60-66(63,64)54-38-34-30-28-26-24-22-20-18-16-14-12-10-8-6-4-2/h55-60H,3-54H2,1-2H3. The van der Waals surface area contributed by atoms with Gasteiger partial charge in [-0.2, -0.15) is 0 Å². The number of unbranched alkanes of at least 4 members (excludes halogenated alkanes) is 33. The molecule has 10 nitrogen and oxygen atoms in total. The van der Waals surface area contributed by atoms with Crippen LogP contribution in [0.2, 0.25) is 0 Å². The number of rotatable bonds is 59. The van der Waals surface area contributed by atoms with Gasteiger partial charge in [0.2, 0.25) is 20.0 Å². The van der Waals surface area contributed by atoms with E-state index in [-0.39, 0.29) is 11.5 Å². The summed E-state index contributed by atoms with van der Waals surface area (Å²) < 4.78 is 54.9. The summed E-state index contributed by atoms with van der Waals surface area (Å²) in [7, 11) is -6.29. The minimum absolute atomic E-state index is 0.262. The summed E-state index contributed by atoms with van der Waals surface area (Å²) in [4.78, 5) is 0. The van der Waals surface area contributed by atoms with Crippen molar-refractivity contribution in [1.29, 1.82) is 0 Å². The topological polar surface area (TPSA) is 140 Å². The fourth-order valence-corrected chi connectivity index (χ4v) is 11.1. The van der Waals surface area contributed by atoms with Crippen molar-refractivity contribution < 1.29 is 16.8 Å². The molecule has 12 heteroatoms. The number of hydrogen-bond acceptors (Lipinski definition) is 8. The van der Waals surface area contributed by atoms with Gasteiger partial charge >= 0.3 is 0 Å². The van der Waals surface area contributed by atoms with E-state index in [1.807, 2.05) is 0 Å². The van der Waals surface area contributed by atoms with E-state index in [4.69, 9.17) is 0 Å². The Morgan fingerprint density at radius 1 is 0.212 bits per heavy atom. The maximum absolute atomic E-state index is 12.3. The van der Waals surface area contributed by atoms with Crippen LogP contribution in [0.3, 0.4) is 0 Å². The van der Waals surface area contributed by atoms with E-state index in [9.17, 15) is 16.8 Å². The summed E-state index contributed by atoms with van der Waals surface area (Å²) in [5, 5.41) is 14.0. The molecule has 0 aliphatic carbocycles. The smallest absolute Gasteiger partial charge is 0.211 e. The molecule has 0 radical (unpaired) electrons. The summed E-state index contributed by atoms with van der Waals surface area (Å²) in [6, 6.07) is 0. The Morgan fingerprint density at radius 2 is 0.394 bits per heavy atom. The van der Waals surface area contributed by atoms with Gasteiger partial charge in [0.25, 0.3) is 0 Å². The van der Waals surface area contributed by atoms with Gasteiger partial charge in [0.1, 0.15) is 0 Å². The minimum atomic E-state index is -3.15. The second-order valence-corrected chi connectivity index (χ2v) is 23.7. The first-order chi connectivity index (χ1) is 32.3. The van der Waals surface area contributed by atoms with Crippen LogP contribution in [0.5, 0.6) is 0 Å². The molecular weight excluding hydrogens is 861 g/mol. The van der Waals surface area contributed by atoms with E-state index >= 15 is 0 Å². The third-order valence-electron chi connectivity index (χ3n) is 13.1. The molecule has 0 bridgehead atoms. The highest BCUT2D eigenvalue weighted by Crippen LogP contribution is 2.15. The summed E-state index contributed by atoms with van der Waals surface area (Å²) in [5.41, 5.74) is 0. The van der Waals surface area contributed by atoms with Crippen LogP contribution in [0.4, 0.5) is 0 Å². The quantitative estimate of drug-likeness (QED) is 0.0331. The fourth-order valence-electron chi connectivity index (χ4n) is 8.74. The largest absolute Gasteiger partial charge is 0.317 e. The second-order valence-electron chi connectivity index (χ2n) is 19.9. The molecular formula is C54H116N6O4S2. The molecule has 6 N–H and O–H groups in total. The SMILES string of the molecule is CCCCCCCCCCCCCCCCCCS(=O)(=O)NCCCNCCCNCCCCCCNCCCNCCCNS(=O)(=O)CCCCCCCCCCCCCCCCCC. The predicted molar refractivity (Wildman–Crippen MR) is 291 cm³/mol. The Kier molecular flexibility index (Phi) is 53.7. The van der Waals surface area contributed by atoms with Crippen LogP contribution in [0.15, 0.2) is 0 Å². The molecule has 0 amide bonds. The zero-order valence-electron chi connectivity index (χ0n) is 44.2. The van der Waals surface area contributed by atoms with E-state index in [0.29, 0.717) is 13.1 Å². The first-order valence-corrected chi connectivity index (χ1v) is 32.4. The molecule has 0 fully saturated rings. The van der Waals surface area contributed by atoms with Crippen molar-refractivity contribution in [3.05, 3.63) is 0 Å². The lowest BCUT2D eigenvalue weighted by molar-refractivity contribution is 0.529. The van der Waals surface area contributed by atoms with Crippen molar-refractivity contribution in [3.8, 4) is 0 Å². The third kappa shape index (κ3) is 56.2. The highest BCUT2D eigenvalue weighted by Gasteiger charge is 2.10. The van der Waals surface area contributed by atoms with Crippen molar-refractivity contribution >= 4 is 20.0 Å². The van der Waals surface area contributed by atoms with Gasteiger partial charge in [-0.05, 0) is 104 Å². The summed E-state index contributed by atoms with van der Waals surface area (Å²) in [6.07, 6.45) is 50.3. The van der Waals surface area contributed by atoms with Gasteiger partial charge in [-0.1, -0.05) is 219 Å². The molecule has 0 atom stereocenters. The lowest BCUT2D eigenvalue weighted by atomic mass is 10.0. The normalized spacial score (nSPS) is 12.2. The van der Waals surface area contributed by atoms with E-state index in [2.05, 4.69) is 44.6 Å². The lowest BCUT2D eigenvalue weighted by Gasteiger charge is -2.09. The Bertz CT molecular complexity index is 1060. The molecule has 0 saturated heterocycles. The van der Waals surface area contributed by atoms with E-state index < -0.39 is 20.0 Å². The van der Waals surface area contributed by atoms with Gasteiger partial charge < -0.3 is 21.3 Å². The first kappa shape index (κ1) is 65.7. The molecule has 0 rings (SSSR count). The van der Waals surface area contributed by atoms with Crippen LogP contribution in [-0.4, -0.2) is 93.8 Å². The molecule has 0 aliphatic rings. The molecule has 398 valence electrons. The van der Waals surface area contributed by atoms with Crippen LogP contribution in [-0.2, 0) is 20.0 Å². The van der Waals surface area contributed by atoms with Gasteiger partial charge in [0, 0.05) is 13.1 Å². The summed E-state index contributed by atoms with van der Waals surface area (Å²) in [6.45, 7) is 13.4. The van der Waals surface area contributed by atoms with E-state index in [1.54, 1.807) is 0 Å². The summed E-state index contributed by atoms with van der Waals surface area (Å²) >= 11 is 0. The first-order valence-electron chi connectivity index (χ1n) is 29.1. The average molecular weight is 978 g/mol. The van der Waals surface area contributed by atoms with Crippen LogP contribution in [0, 0.1) is 0 Å². The van der Waals surface area contributed by atoms with Gasteiger partial charge in [-0.3, -0.25) is 0 Å². The van der Waals surface area contributed by atoms with Crippen molar-refractivity contribution in [2.24, 2.45) is 0 Å². The Labute approximate surface area is 413 Å². The maximum atomic E-state index is 12.3.